The Morgan fingerprint density at radius 1 is 1.18 bits per heavy atom. The summed E-state index contributed by atoms with van der Waals surface area (Å²) in [5, 5.41) is 0. The largest absolute Gasteiger partial charge is 0.344 e. The van der Waals surface area contributed by atoms with Gasteiger partial charge in [0.05, 0.1) is 0 Å². The van der Waals surface area contributed by atoms with Crippen LogP contribution < -0.4 is 6.15 Å². The molecule has 0 amide bonds. The molecule has 58 valence electrons. The predicted molar refractivity (Wildman–Crippen MR) is 46.0 cm³/mol. The van der Waals surface area contributed by atoms with Gasteiger partial charge in [0.15, 0.2) is 0 Å². The first-order chi connectivity index (χ1) is 4.95. The van der Waals surface area contributed by atoms with E-state index in [0.717, 1.165) is 11.8 Å². The van der Waals surface area contributed by atoms with Gasteiger partial charge in [0.2, 0.25) is 0 Å². The summed E-state index contributed by atoms with van der Waals surface area (Å²) in [5.74, 6) is 2.01. The molecular weight excluding hydrogens is 134 g/mol. The van der Waals surface area contributed by atoms with Crippen molar-refractivity contribution in [3.05, 3.63) is 35.4 Å². The summed E-state index contributed by atoms with van der Waals surface area (Å²) in [7, 11) is 0. The van der Waals surface area contributed by atoms with Crippen molar-refractivity contribution < 1.29 is 0 Å². The molecule has 0 bridgehead atoms. The van der Waals surface area contributed by atoms with E-state index in [4.69, 9.17) is 0 Å². The van der Waals surface area contributed by atoms with Gasteiger partial charge in [-0.3, -0.25) is 0 Å². The number of hydrogen-bond acceptors (Lipinski definition) is 1. The molecule has 1 aromatic rings. The molecule has 1 nitrogen and oxygen atoms in total. The van der Waals surface area contributed by atoms with Crippen molar-refractivity contribution in [2.45, 2.75) is 18.8 Å². The Morgan fingerprint density at radius 3 is 2.82 bits per heavy atom. The Morgan fingerprint density at radius 2 is 2.00 bits per heavy atom. The van der Waals surface area contributed by atoms with Gasteiger partial charge in [-0.05, 0) is 35.8 Å². The monoisotopic (exact) mass is 147 g/mol. The lowest BCUT2D eigenvalue weighted by molar-refractivity contribution is 0.857. The van der Waals surface area contributed by atoms with Crippen LogP contribution in [0.1, 0.15) is 23.5 Å². The van der Waals surface area contributed by atoms with Gasteiger partial charge in [0.1, 0.15) is 0 Å². The second-order valence-corrected chi connectivity index (χ2v) is 3.51. The van der Waals surface area contributed by atoms with Crippen molar-refractivity contribution in [3.63, 3.8) is 0 Å². The minimum atomic E-state index is 0. The number of hydrogen-bond donors (Lipinski definition) is 1. The fraction of sp³-hybridized carbons (Fsp3) is 0.400. The quantitative estimate of drug-likeness (QED) is 0.601. The van der Waals surface area contributed by atoms with Gasteiger partial charge in [-0.25, -0.2) is 0 Å². The Balaban J connectivity index is 0.000000480. The summed E-state index contributed by atoms with van der Waals surface area (Å²) in [4.78, 5) is 0. The minimum absolute atomic E-state index is 0. The second-order valence-electron chi connectivity index (χ2n) is 3.51. The fourth-order valence-corrected chi connectivity index (χ4v) is 2.22. The van der Waals surface area contributed by atoms with Gasteiger partial charge in [-0.15, -0.1) is 0 Å². The number of benzene rings is 1. The molecular formula is C10H13N. The van der Waals surface area contributed by atoms with E-state index in [-0.39, 0.29) is 6.15 Å². The third kappa shape index (κ3) is 0.809. The molecule has 11 heavy (non-hydrogen) atoms. The molecule has 3 N–H and O–H groups in total. The zero-order valence-corrected chi connectivity index (χ0v) is 6.59. The van der Waals surface area contributed by atoms with E-state index in [1.807, 2.05) is 0 Å². The molecule has 2 aliphatic rings. The first-order valence-corrected chi connectivity index (χ1v) is 4.03. The highest BCUT2D eigenvalue weighted by Crippen LogP contribution is 2.55. The van der Waals surface area contributed by atoms with Gasteiger partial charge >= 0.3 is 0 Å². The van der Waals surface area contributed by atoms with Crippen LogP contribution in [0.3, 0.4) is 0 Å². The topological polar surface area (TPSA) is 35.0 Å². The molecule has 0 aromatic heterocycles. The normalized spacial score (nSPS) is 30.2. The molecule has 2 aliphatic carbocycles. The molecule has 0 saturated heterocycles. The van der Waals surface area contributed by atoms with Crippen LogP contribution in [0.25, 0.3) is 0 Å². The van der Waals surface area contributed by atoms with Gasteiger partial charge in [0, 0.05) is 0 Å². The van der Waals surface area contributed by atoms with E-state index < -0.39 is 0 Å². The Labute approximate surface area is 67.0 Å². The summed E-state index contributed by atoms with van der Waals surface area (Å²) in [6.07, 6.45) is 2.83. The third-order valence-electron chi connectivity index (χ3n) is 2.86. The highest BCUT2D eigenvalue weighted by atomic mass is 14.5. The fourth-order valence-electron chi connectivity index (χ4n) is 2.22. The van der Waals surface area contributed by atoms with E-state index in [1.165, 1.54) is 12.8 Å². The van der Waals surface area contributed by atoms with E-state index >= 15 is 0 Å². The maximum absolute atomic E-state index is 2.30. The lowest BCUT2D eigenvalue weighted by Crippen LogP contribution is -1.83. The van der Waals surface area contributed by atoms with Crippen LogP contribution in [0.2, 0.25) is 0 Å². The molecule has 1 fully saturated rings. The van der Waals surface area contributed by atoms with E-state index in [0.29, 0.717) is 0 Å². The van der Waals surface area contributed by atoms with Gasteiger partial charge in [0.25, 0.3) is 0 Å². The zero-order valence-electron chi connectivity index (χ0n) is 6.59. The summed E-state index contributed by atoms with van der Waals surface area (Å²) >= 11 is 0. The lowest BCUT2D eigenvalue weighted by atomic mass is 10.1. The first kappa shape index (κ1) is 6.86. The molecule has 1 aromatic carbocycles. The summed E-state index contributed by atoms with van der Waals surface area (Å²) in [6, 6.07) is 8.90. The van der Waals surface area contributed by atoms with Crippen LogP contribution in [-0.2, 0) is 6.42 Å². The van der Waals surface area contributed by atoms with Gasteiger partial charge < -0.3 is 6.15 Å². The lowest BCUT2D eigenvalue weighted by Gasteiger charge is -1.98. The molecule has 1 saturated carbocycles. The Hall–Kier alpha value is -0.820. The van der Waals surface area contributed by atoms with Crippen molar-refractivity contribution >= 4 is 0 Å². The third-order valence-corrected chi connectivity index (χ3v) is 2.86. The Bertz CT molecular complexity index is 280. The maximum Gasteiger partial charge on any atom is -0.0125 e. The molecule has 1 heteroatoms. The molecule has 0 radical (unpaired) electrons. The molecule has 3 rings (SSSR count). The summed E-state index contributed by atoms with van der Waals surface area (Å²) in [6.45, 7) is 0. The number of rotatable bonds is 0. The van der Waals surface area contributed by atoms with Crippen molar-refractivity contribution in [2.24, 2.45) is 5.92 Å². The zero-order chi connectivity index (χ0) is 6.55. The van der Waals surface area contributed by atoms with Crippen molar-refractivity contribution in [1.29, 1.82) is 0 Å². The van der Waals surface area contributed by atoms with E-state index in [2.05, 4.69) is 24.3 Å². The van der Waals surface area contributed by atoms with Crippen LogP contribution >= 0.6 is 0 Å². The highest BCUT2D eigenvalue weighted by Gasteiger charge is 2.44. The van der Waals surface area contributed by atoms with E-state index in [1.54, 1.807) is 11.1 Å². The molecule has 0 heterocycles. The standard InChI is InChI=1S/C10H10.H3N/c1-2-4-9-7(3-1)5-8-6-10(8)9;/h1-4,8,10H,5-6H2;1H3. The van der Waals surface area contributed by atoms with Crippen LogP contribution in [0, 0.1) is 5.92 Å². The Kier molecular flexibility index (Phi) is 1.30. The van der Waals surface area contributed by atoms with Crippen molar-refractivity contribution in [1.82, 2.24) is 6.15 Å². The summed E-state index contributed by atoms with van der Waals surface area (Å²) in [5.41, 5.74) is 3.26. The van der Waals surface area contributed by atoms with Crippen molar-refractivity contribution in [2.75, 3.05) is 0 Å². The van der Waals surface area contributed by atoms with Gasteiger partial charge in [-0.2, -0.15) is 0 Å². The average Bonchev–Trinajstić information content (AvgIpc) is 2.64. The SMILES string of the molecule is N.c1ccc2c(c1)CC1CC21. The maximum atomic E-state index is 2.30. The van der Waals surface area contributed by atoms with Crippen LogP contribution in [0.4, 0.5) is 0 Å². The molecule has 2 atom stereocenters. The summed E-state index contributed by atoms with van der Waals surface area (Å²) < 4.78 is 0. The smallest absolute Gasteiger partial charge is 0.0125 e. The molecule has 0 spiro atoms. The molecule has 0 aliphatic heterocycles. The predicted octanol–water partition coefficient (Wildman–Crippen LogP) is 2.51. The van der Waals surface area contributed by atoms with Gasteiger partial charge in [-0.1, -0.05) is 24.3 Å². The van der Waals surface area contributed by atoms with Crippen LogP contribution in [0.15, 0.2) is 24.3 Å². The van der Waals surface area contributed by atoms with Crippen LogP contribution in [0.5, 0.6) is 0 Å². The highest BCUT2D eigenvalue weighted by molar-refractivity contribution is 5.41. The van der Waals surface area contributed by atoms with E-state index in [9.17, 15) is 0 Å². The minimum Gasteiger partial charge on any atom is -0.344 e. The first-order valence-electron chi connectivity index (χ1n) is 4.03. The number of fused-ring (bicyclic) bond motifs is 3. The van der Waals surface area contributed by atoms with Crippen LogP contribution in [-0.4, -0.2) is 0 Å². The average molecular weight is 147 g/mol. The molecule has 2 unspecified atom stereocenters. The van der Waals surface area contributed by atoms with Crippen molar-refractivity contribution in [3.8, 4) is 0 Å². The second kappa shape index (κ2) is 2.08.